The van der Waals surface area contributed by atoms with Gasteiger partial charge in [0.15, 0.2) is 0 Å². The molecule has 13 heavy (non-hydrogen) atoms. The zero-order chi connectivity index (χ0) is 8.55. The zero-order valence-corrected chi connectivity index (χ0v) is 8.13. The van der Waals surface area contributed by atoms with Crippen molar-refractivity contribution in [1.29, 1.82) is 0 Å². The molecule has 0 aliphatic carbocycles. The first-order chi connectivity index (χ1) is 5.75. The first kappa shape index (κ1) is 9.88. The first-order valence-corrected chi connectivity index (χ1v) is 4.19. The van der Waals surface area contributed by atoms with Gasteiger partial charge in [-0.05, 0) is 18.2 Å². The maximum atomic E-state index is 10.8. The van der Waals surface area contributed by atoms with Crippen molar-refractivity contribution in [1.82, 2.24) is 9.97 Å². The van der Waals surface area contributed by atoms with Crippen LogP contribution in [0.25, 0.3) is 10.9 Å². The molecule has 1 aromatic heterocycles. The van der Waals surface area contributed by atoms with Gasteiger partial charge in [0.1, 0.15) is 0 Å². The summed E-state index contributed by atoms with van der Waals surface area (Å²) in [6, 6.07) is 5.61. The topological polar surface area (TPSA) is 77.2 Å². The number of aromatic amines is 1. The average molecular weight is 243 g/mol. The van der Waals surface area contributed by atoms with E-state index in [1.165, 1.54) is 0 Å². The number of benzene rings is 1. The minimum absolute atomic E-state index is 0. The lowest BCUT2D eigenvalue weighted by molar-refractivity contribution is 0.824. The van der Waals surface area contributed by atoms with Crippen molar-refractivity contribution in [2.24, 2.45) is 0 Å². The van der Waals surface area contributed by atoms with Gasteiger partial charge >= 0.3 is 5.69 Å². The van der Waals surface area contributed by atoms with E-state index < -0.39 is 0 Å². The summed E-state index contributed by atoms with van der Waals surface area (Å²) in [5, 5.41) is 0.920. The minimum Gasteiger partial charge on any atom is -0.412 e. The Hall–Kier alpha value is -1.20. The molecule has 5 heteroatoms. The Balaban J connectivity index is 0.000000845. The summed E-state index contributed by atoms with van der Waals surface area (Å²) < 4.78 is 0.976. The van der Waals surface area contributed by atoms with E-state index in [0.717, 1.165) is 15.4 Å². The molecule has 2 aromatic rings. The Morgan fingerprint density at radius 2 is 2.15 bits per heavy atom. The number of nitrogens with one attached hydrogen (secondary N) is 1. The quantitative estimate of drug-likeness (QED) is 0.744. The molecule has 0 bridgehead atoms. The van der Waals surface area contributed by atoms with Gasteiger partial charge in [0.25, 0.3) is 0 Å². The summed E-state index contributed by atoms with van der Waals surface area (Å²) in [5.41, 5.74) is 0.489. The molecule has 0 saturated heterocycles. The SMILES string of the molecule is O.O=c1ncc2cc(Br)ccc2[nH]1. The van der Waals surface area contributed by atoms with Crippen LogP contribution in [0.5, 0.6) is 0 Å². The molecule has 4 nitrogen and oxygen atoms in total. The molecule has 0 saturated carbocycles. The lowest BCUT2D eigenvalue weighted by Crippen LogP contribution is -2.08. The van der Waals surface area contributed by atoms with Gasteiger partial charge in [-0.25, -0.2) is 9.78 Å². The van der Waals surface area contributed by atoms with Crippen LogP contribution >= 0.6 is 15.9 Å². The number of nitrogens with zero attached hydrogens (tertiary/aromatic N) is 1. The van der Waals surface area contributed by atoms with Gasteiger partial charge in [0.05, 0.1) is 5.52 Å². The predicted octanol–water partition coefficient (Wildman–Crippen LogP) is 0.861. The number of fused-ring (bicyclic) bond motifs is 1. The van der Waals surface area contributed by atoms with Crippen LogP contribution in [0, 0.1) is 0 Å². The number of halogens is 1. The van der Waals surface area contributed by atoms with Gasteiger partial charge in [-0.1, -0.05) is 15.9 Å². The van der Waals surface area contributed by atoms with Crippen molar-refractivity contribution < 1.29 is 5.48 Å². The molecule has 0 atom stereocenters. The summed E-state index contributed by atoms with van der Waals surface area (Å²) in [7, 11) is 0. The van der Waals surface area contributed by atoms with Gasteiger partial charge in [0.2, 0.25) is 0 Å². The van der Waals surface area contributed by atoms with E-state index in [9.17, 15) is 4.79 Å². The van der Waals surface area contributed by atoms with Crippen LogP contribution in [0.1, 0.15) is 0 Å². The third-order valence-corrected chi connectivity index (χ3v) is 2.07. The molecule has 0 fully saturated rings. The van der Waals surface area contributed by atoms with Gasteiger partial charge in [-0.3, -0.25) is 0 Å². The fraction of sp³-hybridized carbons (Fsp3) is 0. The molecule has 1 heterocycles. The van der Waals surface area contributed by atoms with E-state index in [2.05, 4.69) is 25.9 Å². The molecule has 0 spiro atoms. The normalized spacial score (nSPS) is 9.62. The summed E-state index contributed by atoms with van der Waals surface area (Å²) in [6.07, 6.45) is 1.55. The maximum Gasteiger partial charge on any atom is 0.345 e. The lowest BCUT2D eigenvalue weighted by atomic mass is 10.2. The summed E-state index contributed by atoms with van der Waals surface area (Å²) in [5.74, 6) is 0. The molecule has 2 rings (SSSR count). The highest BCUT2D eigenvalue weighted by Gasteiger charge is 1.94. The van der Waals surface area contributed by atoms with Crippen LogP contribution in [0.3, 0.4) is 0 Å². The van der Waals surface area contributed by atoms with E-state index in [1.807, 2.05) is 18.2 Å². The Kier molecular flexibility index (Phi) is 2.79. The largest absolute Gasteiger partial charge is 0.412 e. The highest BCUT2D eigenvalue weighted by Crippen LogP contribution is 2.15. The van der Waals surface area contributed by atoms with Crippen LogP contribution in [-0.4, -0.2) is 15.4 Å². The van der Waals surface area contributed by atoms with Crippen molar-refractivity contribution in [3.8, 4) is 0 Å². The summed E-state index contributed by atoms with van der Waals surface area (Å²) >= 11 is 3.33. The minimum atomic E-state index is -0.315. The number of hydrogen-bond donors (Lipinski definition) is 1. The highest BCUT2D eigenvalue weighted by molar-refractivity contribution is 9.10. The number of aromatic nitrogens is 2. The Morgan fingerprint density at radius 3 is 2.92 bits per heavy atom. The standard InChI is InChI=1S/C8H5BrN2O.H2O/c9-6-1-2-7-5(3-6)4-10-8(12)11-7;/h1-4H,(H,10,11,12);1H2. The van der Waals surface area contributed by atoms with Crippen molar-refractivity contribution in [2.45, 2.75) is 0 Å². The molecule has 0 amide bonds. The fourth-order valence-electron chi connectivity index (χ4n) is 1.03. The van der Waals surface area contributed by atoms with E-state index in [1.54, 1.807) is 6.20 Å². The predicted molar refractivity (Wildman–Crippen MR) is 53.7 cm³/mol. The maximum absolute atomic E-state index is 10.8. The molecule has 68 valence electrons. The van der Waals surface area contributed by atoms with Crippen molar-refractivity contribution in [3.63, 3.8) is 0 Å². The molecule has 0 aliphatic rings. The molecular formula is C8H7BrN2O2. The average Bonchev–Trinajstić information content (AvgIpc) is 2.05. The Labute approximate surface area is 82.1 Å². The molecular weight excluding hydrogens is 236 g/mol. The fourth-order valence-corrected chi connectivity index (χ4v) is 1.41. The van der Waals surface area contributed by atoms with Gasteiger partial charge in [-0.15, -0.1) is 0 Å². The van der Waals surface area contributed by atoms with Crippen LogP contribution < -0.4 is 5.69 Å². The van der Waals surface area contributed by atoms with E-state index >= 15 is 0 Å². The Morgan fingerprint density at radius 1 is 1.38 bits per heavy atom. The van der Waals surface area contributed by atoms with Crippen LogP contribution in [0.2, 0.25) is 0 Å². The van der Waals surface area contributed by atoms with Crippen molar-refractivity contribution in [3.05, 3.63) is 39.4 Å². The molecule has 0 aliphatic heterocycles. The summed E-state index contributed by atoms with van der Waals surface area (Å²) in [4.78, 5) is 17.0. The molecule has 3 N–H and O–H groups in total. The van der Waals surface area contributed by atoms with Crippen LogP contribution in [-0.2, 0) is 0 Å². The second-order valence-electron chi connectivity index (χ2n) is 2.42. The van der Waals surface area contributed by atoms with Crippen LogP contribution in [0.15, 0.2) is 33.7 Å². The zero-order valence-electron chi connectivity index (χ0n) is 6.54. The Bertz CT molecular complexity index is 481. The van der Waals surface area contributed by atoms with Crippen LogP contribution in [0.4, 0.5) is 0 Å². The summed E-state index contributed by atoms with van der Waals surface area (Å²) in [6.45, 7) is 0. The first-order valence-electron chi connectivity index (χ1n) is 3.40. The van der Waals surface area contributed by atoms with E-state index in [0.29, 0.717) is 0 Å². The third kappa shape index (κ3) is 1.93. The van der Waals surface area contributed by atoms with E-state index in [-0.39, 0.29) is 11.2 Å². The van der Waals surface area contributed by atoms with Gasteiger partial charge < -0.3 is 10.5 Å². The van der Waals surface area contributed by atoms with E-state index in [4.69, 9.17) is 0 Å². The number of H-pyrrole nitrogens is 1. The second kappa shape index (κ2) is 3.68. The third-order valence-electron chi connectivity index (χ3n) is 1.58. The number of hydrogen-bond acceptors (Lipinski definition) is 2. The van der Waals surface area contributed by atoms with Crippen molar-refractivity contribution >= 4 is 26.8 Å². The molecule has 1 aromatic carbocycles. The smallest absolute Gasteiger partial charge is 0.345 e. The lowest BCUT2D eigenvalue weighted by Gasteiger charge is -1.95. The highest BCUT2D eigenvalue weighted by atomic mass is 79.9. The van der Waals surface area contributed by atoms with Gasteiger partial charge in [-0.2, -0.15) is 0 Å². The second-order valence-corrected chi connectivity index (χ2v) is 3.34. The monoisotopic (exact) mass is 242 g/mol. The van der Waals surface area contributed by atoms with Crippen molar-refractivity contribution in [2.75, 3.05) is 0 Å². The number of rotatable bonds is 0. The van der Waals surface area contributed by atoms with Gasteiger partial charge in [0, 0.05) is 16.1 Å². The molecule has 0 unspecified atom stereocenters. The molecule has 0 radical (unpaired) electrons.